The van der Waals surface area contributed by atoms with Gasteiger partial charge in [0.05, 0.1) is 13.1 Å². The molecule has 1 saturated carbocycles. The topological polar surface area (TPSA) is 146 Å². The van der Waals surface area contributed by atoms with Gasteiger partial charge in [0.25, 0.3) is 5.56 Å². The number of nitrogens with two attached hydrogens (primary N) is 1. The molecule has 0 aliphatic heterocycles. The van der Waals surface area contributed by atoms with Crippen LogP contribution >= 0.6 is 0 Å². The van der Waals surface area contributed by atoms with Crippen LogP contribution in [-0.4, -0.2) is 57.4 Å². The first-order chi connectivity index (χ1) is 16.7. The second kappa shape index (κ2) is 11.8. The van der Waals surface area contributed by atoms with Crippen LogP contribution in [0.25, 0.3) is 0 Å². The Hall–Kier alpha value is -3.47. The first kappa shape index (κ1) is 26.1. The summed E-state index contributed by atoms with van der Waals surface area (Å²) in [5, 5.41) is 2.71. The largest absolute Gasteiger partial charge is 0.383 e. The summed E-state index contributed by atoms with van der Waals surface area (Å²) >= 11 is 0. The minimum Gasteiger partial charge on any atom is -0.383 e. The van der Waals surface area contributed by atoms with Crippen LogP contribution in [0.2, 0.25) is 0 Å². The number of rotatable bonds is 10. The van der Waals surface area contributed by atoms with Crippen molar-refractivity contribution in [1.29, 1.82) is 0 Å². The van der Waals surface area contributed by atoms with Crippen molar-refractivity contribution >= 4 is 29.1 Å². The van der Waals surface area contributed by atoms with Gasteiger partial charge in [0, 0.05) is 18.8 Å². The van der Waals surface area contributed by atoms with Crippen LogP contribution in [0.1, 0.15) is 51.0 Å². The van der Waals surface area contributed by atoms with E-state index in [9.17, 15) is 19.2 Å². The summed E-state index contributed by atoms with van der Waals surface area (Å²) in [5.41, 5.74) is 6.04. The van der Waals surface area contributed by atoms with Gasteiger partial charge >= 0.3 is 5.69 Å². The lowest BCUT2D eigenvalue weighted by molar-refractivity contribution is -0.121. The number of aromatic amines is 1. The molecule has 0 bridgehead atoms. The summed E-state index contributed by atoms with van der Waals surface area (Å²) in [6.45, 7) is 4.11. The minimum absolute atomic E-state index is 0.00158. The maximum absolute atomic E-state index is 13.5. The molecule has 0 unspecified atom stereocenters. The quantitative estimate of drug-likeness (QED) is 0.462. The molecule has 11 nitrogen and oxygen atoms in total. The molecule has 0 radical (unpaired) electrons. The van der Waals surface area contributed by atoms with E-state index >= 15 is 0 Å². The maximum atomic E-state index is 13.5. The first-order valence-corrected chi connectivity index (χ1v) is 12.1. The molecule has 1 aliphatic rings. The van der Waals surface area contributed by atoms with Gasteiger partial charge in [-0.05, 0) is 44.9 Å². The first-order valence-electron chi connectivity index (χ1n) is 12.1. The Bertz CT molecular complexity index is 1150. The van der Waals surface area contributed by atoms with E-state index in [2.05, 4.69) is 15.3 Å². The van der Waals surface area contributed by atoms with Crippen LogP contribution in [0, 0.1) is 6.92 Å². The number of pyridine rings is 1. The van der Waals surface area contributed by atoms with Crippen molar-refractivity contribution in [3.63, 3.8) is 0 Å². The third-order valence-corrected chi connectivity index (χ3v) is 6.15. The number of H-pyrrole nitrogens is 1. The monoisotopic (exact) mass is 485 g/mol. The van der Waals surface area contributed by atoms with Gasteiger partial charge in [-0.3, -0.25) is 28.8 Å². The van der Waals surface area contributed by atoms with Crippen molar-refractivity contribution in [2.45, 2.75) is 65.0 Å². The summed E-state index contributed by atoms with van der Waals surface area (Å²) in [6, 6.07) is 3.36. The average Bonchev–Trinajstić information content (AvgIpc) is 3.32. The lowest BCUT2D eigenvalue weighted by Gasteiger charge is -2.31. The molecule has 35 heavy (non-hydrogen) atoms. The molecular weight excluding hydrogens is 450 g/mol. The number of aromatic nitrogens is 3. The van der Waals surface area contributed by atoms with Gasteiger partial charge in [0.15, 0.2) is 5.69 Å². The molecule has 0 aromatic carbocycles. The zero-order chi connectivity index (χ0) is 25.5. The highest BCUT2D eigenvalue weighted by Crippen LogP contribution is 2.29. The highest BCUT2D eigenvalue weighted by Gasteiger charge is 2.33. The summed E-state index contributed by atoms with van der Waals surface area (Å²) in [7, 11) is 1.66. The molecule has 11 heteroatoms. The predicted octanol–water partition coefficient (Wildman–Crippen LogP) is 1.47. The molecule has 2 heterocycles. The van der Waals surface area contributed by atoms with Crippen LogP contribution in [0.15, 0.2) is 27.9 Å². The van der Waals surface area contributed by atoms with E-state index in [1.54, 1.807) is 24.2 Å². The maximum Gasteiger partial charge on any atom is 0.330 e. The summed E-state index contributed by atoms with van der Waals surface area (Å²) in [5.74, 6) is -0.229. The summed E-state index contributed by atoms with van der Waals surface area (Å²) < 4.78 is 1.32. The number of aryl methyl sites for hydroxylation is 1. The molecule has 3 rings (SSSR count). The molecule has 1 fully saturated rings. The number of likely N-dealkylation sites (N-methyl/N-ethyl adjacent to an activating group) is 1. The molecule has 2 aromatic heterocycles. The van der Waals surface area contributed by atoms with E-state index in [-0.39, 0.29) is 42.5 Å². The van der Waals surface area contributed by atoms with Crippen LogP contribution < -0.4 is 27.2 Å². The fourth-order valence-electron chi connectivity index (χ4n) is 4.35. The highest BCUT2D eigenvalue weighted by atomic mass is 16.2. The molecular formula is C24H35N7O4. The summed E-state index contributed by atoms with van der Waals surface area (Å²) in [4.78, 5) is 60.6. The number of amides is 2. The van der Waals surface area contributed by atoms with Gasteiger partial charge in [-0.15, -0.1) is 0 Å². The zero-order valence-corrected chi connectivity index (χ0v) is 20.7. The predicted molar refractivity (Wildman–Crippen MR) is 135 cm³/mol. The highest BCUT2D eigenvalue weighted by molar-refractivity contribution is 5.98. The van der Waals surface area contributed by atoms with E-state index < -0.39 is 11.2 Å². The Labute approximate surface area is 204 Å². The Morgan fingerprint density at radius 2 is 1.94 bits per heavy atom. The number of carbonyl (C=O) groups excluding carboxylic acids is 2. The molecule has 0 atom stereocenters. The van der Waals surface area contributed by atoms with E-state index in [1.807, 2.05) is 19.9 Å². The van der Waals surface area contributed by atoms with Crippen LogP contribution in [0.5, 0.6) is 0 Å². The lowest BCUT2D eigenvalue weighted by atomic mass is 10.1. The van der Waals surface area contributed by atoms with Gasteiger partial charge in [-0.25, -0.2) is 9.78 Å². The van der Waals surface area contributed by atoms with Crippen molar-refractivity contribution in [2.24, 2.45) is 0 Å². The van der Waals surface area contributed by atoms with Crippen molar-refractivity contribution in [3.05, 3.63) is 44.7 Å². The van der Waals surface area contributed by atoms with Crippen molar-refractivity contribution in [3.8, 4) is 0 Å². The smallest absolute Gasteiger partial charge is 0.330 e. The van der Waals surface area contributed by atoms with E-state index in [0.717, 1.165) is 37.7 Å². The molecule has 1 aliphatic carbocycles. The van der Waals surface area contributed by atoms with Crippen LogP contribution in [0.3, 0.4) is 0 Å². The number of hydrogen-bond acceptors (Lipinski definition) is 7. The lowest BCUT2D eigenvalue weighted by Crippen LogP contribution is -2.49. The third-order valence-electron chi connectivity index (χ3n) is 6.15. The minimum atomic E-state index is -0.675. The number of unbranched alkanes of at least 4 members (excludes halogenated alkanes) is 1. The molecule has 0 spiro atoms. The Balaban J connectivity index is 1.80. The second-order valence-corrected chi connectivity index (χ2v) is 9.14. The number of nitrogens with one attached hydrogen (secondary N) is 2. The van der Waals surface area contributed by atoms with Gasteiger partial charge < -0.3 is 16.0 Å². The Morgan fingerprint density at radius 3 is 2.57 bits per heavy atom. The van der Waals surface area contributed by atoms with Crippen molar-refractivity contribution in [1.82, 2.24) is 19.4 Å². The molecule has 4 N–H and O–H groups in total. The summed E-state index contributed by atoms with van der Waals surface area (Å²) in [6.07, 6.45) is 6.55. The van der Waals surface area contributed by atoms with Crippen LogP contribution in [0.4, 0.5) is 17.3 Å². The SMILES string of the molecule is CCCCn1c(N)c(N(C(=O)CN(C)CC(=O)Nc2ccc(C)cn2)C2CCCC2)c(=O)[nH]c1=O. The van der Waals surface area contributed by atoms with Gasteiger partial charge in [-0.2, -0.15) is 0 Å². The van der Waals surface area contributed by atoms with E-state index in [0.29, 0.717) is 18.8 Å². The fraction of sp³-hybridized carbons (Fsp3) is 0.542. The molecule has 0 saturated heterocycles. The Kier molecular flexibility index (Phi) is 8.80. The van der Waals surface area contributed by atoms with E-state index in [4.69, 9.17) is 5.73 Å². The van der Waals surface area contributed by atoms with Crippen molar-refractivity contribution in [2.75, 3.05) is 36.1 Å². The van der Waals surface area contributed by atoms with Gasteiger partial charge in [0.1, 0.15) is 11.6 Å². The molecule has 2 aromatic rings. The second-order valence-electron chi connectivity index (χ2n) is 9.14. The van der Waals surface area contributed by atoms with Crippen molar-refractivity contribution < 1.29 is 9.59 Å². The normalized spacial score (nSPS) is 13.8. The van der Waals surface area contributed by atoms with Crippen LogP contribution in [-0.2, 0) is 16.1 Å². The molecule has 2 amide bonds. The standard InChI is InChI=1S/C24H35N7O4/c1-4-5-12-30-22(25)21(23(34)28-24(30)35)31(17-8-6-7-9-17)20(33)15-29(3)14-19(32)27-18-11-10-16(2)13-26-18/h10-11,13,17H,4-9,12,14-15,25H2,1-3H3,(H,26,27,32)(H,28,34,35). The molecule has 190 valence electrons. The number of nitrogen functional groups attached to an aromatic ring is 1. The number of nitrogens with zero attached hydrogens (tertiary/aromatic N) is 4. The number of anilines is 3. The van der Waals surface area contributed by atoms with Gasteiger partial charge in [-0.1, -0.05) is 32.3 Å². The van der Waals surface area contributed by atoms with E-state index in [1.165, 1.54) is 9.47 Å². The Morgan fingerprint density at radius 1 is 1.23 bits per heavy atom. The van der Waals surface area contributed by atoms with Gasteiger partial charge in [0.2, 0.25) is 11.8 Å². The average molecular weight is 486 g/mol. The zero-order valence-electron chi connectivity index (χ0n) is 20.7. The fourth-order valence-corrected chi connectivity index (χ4v) is 4.35. The number of carbonyl (C=O) groups is 2. The number of hydrogen-bond donors (Lipinski definition) is 3. The third kappa shape index (κ3) is 6.56.